The van der Waals surface area contributed by atoms with Crippen molar-refractivity contribution in [3.63, 3.8) is 0 Å². The molecule has 3 heteroatoms. The molecule has 2 nitrogen and oxygen atoms in total. The molecule has 0 bridgehead atoms. The lowest BCUT2D eigenvalue weighted by atomic mass is 10.0. The van der Waals surface area contributed by atoms with Crippen molar-refractivity contribution < 1.29 is 4.74 Å². The zero-order valence-corrected chi connectivity index (χ0v) is 17.7. The van der Waals surface area contributed by atoms with Gasteiger partial charge < -0.3 is 9.64 Å². The highest BCUT2D eigenvalue weighted by atomic mass is 35.5. The molecule has 4 rings (SSSR count). The van der Waals surface area contributed by atoms with Gasteiger partial charge in [-0.25, -0.2) is 0 Å². The fourth-order valence-electron chi connectivity index (χ4n) is 3.66. The first-order valence-electron chi connectivity index (χ1n) is 10.0. The molecule has 0 unspecified atom stereocenters. The van der Waals surface area contributed by atoms with Gasteiger partial charge in [-0.05, 0) is 47.4 Å². The molecule has 150 valence electrons. The molecule has 1 aliphatic rings. The van der Waals surface area contributed by atoms with Crippen molar-refractivity contribution >= 4 is 18.5 Å². The van der Waals surface area contributed by atoms with Gasteiger partial charge in [0.25, 0.3) is 0 Å². The van der Waals surface area contributed by atoms with Crippen LogP contribution in [0.15, 0.2) is 78.9 Å². The number of nitrogens with zero attached hydrogens (tertiary/aromatic N) is 1. The summed E-state index contributed by atoms with van der Waals surface area (Å²) in [5.74, 6) is 1.06. The van der Waals surface area contributed by atoms with Crippen LogP contribution in [-0.2, 0) is 13.0 Å². The molecule has 0 spiro atoms. The van der Waals surface area contributed by atoms with Crippen LogP contribution in [0.1, 0.15) is 23.1 Å². The molecule has 3 aromatic carbocycles. The molecule has 0 saturated heterocycles. The van der Waals surface area contributed by atoms with E-state index in [2.05, 4.69) is 96.9 Å². The number of rotatable bonds is 7. The molecule has 0 atom stereocenters. The Hall–Kier alpha value is -2.55. The number of hydrogen-bond acceptors (Lipinski definition) is 2. The molecule has 0 saturated carbocycles. The highest BCUT2D eigenvalue weighted by molar-refractivity contribution is 5.85. The predicted octanol–water partition coefficient (Wildman–Crippen LogP) is 6.25. The van der Waals surface area contributed by atoms with Gasteiger partial charge >= 0.3 is 0 Å². The van der Waals surface area contributed by atoms with Crippen molar-refractivity contribution in [3.8, 4) is 16.9 Å². The first kappa shape index (κ1) is 21.2. The number of hydrogen-bond donors (Lipinski definition) is 0. The van der Waals surface area contributed by atoms with Crippen LogP contribution in [-0.4, -0.2) is 25.1 Å². The van der Waals surface area contributed by atoms with Gasteiger partial charge in [0.1, 0.15) is 5.75 Å². The maximum absolute atomic E-state index is 5.59. The van der Waals surface area contributed by atoms with Crippen LogP contribution in [0.25, 0.3) is 17.2 Å². The molecule has 0 radical (unpaired) electrons. The number of fused-ring (bicyclic) bond motifs is 1. The van der Waals surface area contributed by atoms with Crippen LogP contribution in [0.5, 0.6) is 5.75 Å². The van der Waals surface area contributed by atoms with Gasteiger partial charge in [-0.1, -0.05) is 78.9 Å². The smallest absolute Gasteiger partial charge is 0.122 e. The molecule has 1 heterocycles. The van der Waals surface area contributed by atoms with Gasteiger partial charge in [0.15, 0.2) is 0 Å². The van der Waals surface area contributed by atoms with Gasteiger partial charge in [0, 0.05) is 19.5 Å². The van der Waals surface area contributed by atoms with Crippen molar-refractivity contribution in [2.45, 2.75) is 19.4 Å². The van der Waals surface area contributed by atoms with Crippen LogP contribution in [0.4, 0.5) is 0 Å². The van der Waals surface area contributed by atoms with E-state index >= 15 is 0 Å². The van der Waals surface area contributed by atoms with Crippen molar-refractivity contribution in [2.24, 2.45) is 0 Å². The summed E-state index contributed by atoms with van der Waals surface area (Å²) >= 11 is 0. The Morgan fingerprint density at radius 3 is 2.48 bits per heavy atom. The van der Waals surface area contributed by atoms with E-state index in [4.69, 9.17) is 4.74 Å². The van der Waals surface area contributed by atoms with Crippen molar-refractivity contribution in [2.75, 3.05) is 20.2 Å². The molecule has 0 fully saturated rings. The third kappa shape index (κ3) is 5.72. The Morgan fingerprint density at radius 2 is 1.69 bits per heavy atom. The molecule has 0 aliphatic carbocycles. The Labute approximate surface area is 180 Å². The van der Waals surface area contributed by atoms with Crippen LogP contribution in [0, 0.1) is 0 Å². The SMILES string of the molecule is CN(CC/C=C/c1ccc(-c2ccccc2)cc1)Cc1ccc2c(c1)CCO2.Cl. The Kier molecular flexibility index (Phi) is 7.51. The summed E-state index contributed by atoms with van der Waals surface area (Å²) in [5, 5.41) is 0. The summed E-state index contributed by atoms with van der Waals surface area (Å²) in [6, 6.07) is 25.9. The Morgan fingerprint density at radius 1 is 0.931 bits per heavy atom. The molecule has 0 amide bonds. The summed E-state index contributed by atoms with van der Waals surface area (Å²) in [6.07, 6.45) is 6.57. The van der Waals surface area contributed by atoms with Gasteiger partial charge in [0.05, 0.1) is 6.61 Å². The largest absolute Gasteiger partial charge is 0.493 e. The van der Waals surface area contributed by atoms with E-state index in [-0.39, 0.29) is 12.4 Å². The lowest BCUT2D eigenvalue weighted by Gasteiger charge is -2.16. The van der Waals surface area contributed by atoms with Crippen LogP contribution >= 0.6 is 12.4 Å². The van der Waals surface area contributed by atoms with Gasteiger partial charge in [-0.2, -0.15) is 0 Å². The molecule has 0 aromatic heterocycles. The maximum Gasteiger partial charge on any atom is 0.122 e. The fourth-order valence-corrected chi connectivity index (χ4v) is 3.66. The first-order chi connectivity index (χ1) is 13.8. The Bertz CT molecular complexity index is 935. The summed E-state index contributed by atoms with van der Waals surface area (Å²) in [6.45, 7) is 2.85. The Balaban J connectivity index is 0.00000240. The second-order valence-electron chi connectivity index (χ2n) is 7.46. The van der Waals surface area contributed by atoms with Crippen LogP contribution in [0.3, 0.4) is 0 Å². The minimum Gasteiger partial charge on any atom is -0.493 e. The first-order valence-corrected chi connectivity index (χ1v) is 10.0. The standard InChI is InChI=1S/C26H27NO.ClH/c1-27(20-22-12-15-26-25(19-22)16-18-28-26)17-6-5-7-21-10-13-24(14-11-21)23-8-3-2-4-9-23;/h2-5,7-15,19H,6,16-18,20H2,1H3;1H/b7-5+;. The maximum atomic E-state index is 5.59. The molecule has 0 N–H and O–H groups in total. The van der Waals surface area contributed by atoms with E-state index in [1.807, 2.05) is 0 Å². The van der Waals surface area contributed by atoms with E-state index in [1.54, 1.807) is 0 Å². The molecule has 3 aromatic rings. The van der Waals surface area contributed by atoms with E-state index < -0.39 is 0 Å². The predicted molar refractivity (Wildman–Crippen MR) is 125 cm³/mol. The molecule has 1 aliphatic heterocycles. The van der Waals surface area contributed by atoms with Crippen LogP contribution < -0.4 is 4.74 Å². The summed E-state index contributed by atoms with van der Waals surface area (Å²) < 4.78 is 5.59. The highest BCUT2D eigenvalue weighted by Crippen LogP contribution is 2.26. The minimum absolute atomic E-state index is 0. The second-order valence-corrected chi connectivity index (χ2v) is 7.46. The number of benzene rings is 3. The van der Waals surface area contributed by atoms with Crippen molar-refractivity contribution in [1.29, 1.82) is 0 Å². The number of halogens is 1. The van der Waals surface area contributed by atoms with E-state index in [0.717, 1.165) is 38.3 Å². The average molecular weight is 406 g/mol. The molecular weight excluding hydrogens is 378 g/mol. The molecule has 29 heavy (non-hydrogen) atoms. The molecular formula is C26H28ClNO. The zero-order valence-electron chi connectivity index (χ0n) is 16.9. The van der Waals surface area contributed by atoms with Gasteiger partial charge in [0.2, 0.25) is 0 Å². The zero-order chi connectivity index (χ0) is 19.2. The minimum atomic E-state index is 0. The monoisotopic (exact) mass is 405 g/mol. The topological polar surface area (TPSA) is 12.5 Å². The van der Waals surface area contributed by atoms with Gasteiger partial charge in [-0.15, -0.1) is 12.4 Å². The van der Waals surface area contributed by atoms with E-state index in [0.29, 0.717) is 0 Å². The lowest BCUT2D eigenvalue weighted by Crippen LogP contribution is -2.18. The lowest BCUT2D eigenvalue weighted by molar-refractivity contribution is 0.333. The normalized spacial score (nSPS) is 12.6. The third-order valence-corrected chi connectivity index (χ3v) is 5.21. The highest BCUT2D eigenvalue weighted by Gasteiger charge is 2.12. The third-order valence-electron chi connectivity index (χ3n) is 5.21. The van der Waals surface area contributed by atoms with Gasteiger partial charge in [-0.3, -0.25) is 0 Å². The van der Waals surface area contributed by atoms with Crippen molar-refractivity contribution in [1.82, 2.24) is 4.90 Å². The fraction of sp³-hybridized carbons (Fsp3) is 0.231. The van der Waals surface area contributed by atoms with E-state index in [1.165, 1.54) is 27.8 Å². The average Bonchev–Trinajstić information content (AvgIpc) is 3.20. The summed E-state index contributed by atoms with van der Waals surface area (Å²) in [5.41, 5.74) is 6.49. The second kappa shape index (κ2) is 10.3. The number of ether oxygens (including phenoxy) is 1. The van der Waals surface area contributed by atoms with Crippen LogP contribution in [0.2, 0.25) is 0 Å². The quantitative estimate of drug-likeness (QED) is 0.461. The summed E-state index contributed by atoms with van der Waals surface area (Å²) in [4.78, 5) is 2.38. The van der Waals surface area contributed by atoms with Crippen molar-refractivity contribution in [3.05, 3.63) is 95.6 Å². The summed E-state index contributed by atoms with van der Waals surface area (Å²) in [7, 11) is 2.19. The van der Waals surface area contributed by atoms with E-state index in [9.17, 15) is 0 Å².